The fraction of sp³-hybridized carbons (Fsp3) is 0.333. The van der Waals surface area contributed by atoms with Crippen LogP contribution in [0.1, 0.15) is 19.3 Å². The van der Waals surface area contributed by atoms with Gasteiger partial charge >= 0.3 is 0 Å². The molecule has 1 aliphatic rings. The summed E-state index contributed by atoms with van der Waals surface area (Å²) in [5.41, 5.74) is 0.741. The number of allylic oxidation sites excluding steroid dienone is 1. The first-order valence-electron chi connectivity index (χ1n) is 5.44. The molecule has 0 bridgehead atoms. The summed E-state index contributed by atoms with van der Waals surface area (Å²) < 4.78 is 0. The lowest BCUT2D eigenvalue weighted by molar-refractivity contribution is -0.384. The average molecular weight is 218 g/mol. The normalized spacial score (nSPS) is 19.4. The van der Waals surface area contributed by atoms with E-state index in [2.05, 4.69) is 17.5 Å². The Balaban J connectivity index is 2.17. The number of anilines is 1. The zero-order chi connectivity index (χ0) is 11.4. The van der Waals surface area contributed by atoms with Crippen LogP contribution in [0.5, 0.6) is 0 Å². The van der Waals surface area contributed by atoms with Gasteiger partial charge in [0, 0.05) is 12.1 Å². The molecule has 16 heavy (non-hydrogen) atoms. The molecule has 0 heterocycles. The predicted molar refractivity (Wildman–Crippen MR) is 63.5 cm³/mol. The Morgan fingerprint density at radius 3 is 2.88 bits per heavy atom. The van der Waals surface area contributed by atoms with Crippen LogP contribution >= 0.6 is 0 Å². The summed E-state index contributed by atoms with van der Waals surface area (Å²) in [6, 6.07) is 6.98. The highest BCUT2D eigenvalue weighted by Gasteiger charge is 2.15. The molecule has 0 aromatic heterocycles. The first-order chi connectivity index (χ1) is 7.77. The summed E-state index contributed by atoms with van der Waals surface area (Å²) in [6.45, 7) is 0. The number of nitrogens with one attached hydrogen (secondary N) is 1. The SMILES string of the molecule is O=[N+]([O-])c1ccccc1NC1C=CCCC1. The van der Waals surface area contributed by atoms with Crippen molar-refractivity contribution in [1.29, 1.82) is 0 Å². The lowest BCUT2D eigenvalue weighted by atomic mass is 10.0. The molecular weight excluding hydrogens is 204 g/mol. The zero-order valence-electron chi connectivity index (χ0n) is 8.93. The minimum absolute atomic E-state index is 0.140. The molecule has 1 aromatic rings. The van der Waals surface area contributed by atoms with Gasteiger partial charge in [-0.05, 0) is 25.3 Å². The van der Waals surface area contributed by atoms with Gasteiger partial charge in [-0.3, -0.25) is 10.1 Å². The van der Waals surface area contributed by atoms with Crippen LogP contribution in [-0.2, 0) is 0 Å². The third kappa shape index (κ3) is 2.39. The molecule has 2 rings (SSSR count). The van der Waals surface area contributed by atoms with Gasteiger partial charge in [0.1, 0.15) is 5.69 Å². The van der Waals surface area contributed by atoms with E-state index >= 15 is 0 Å². The number of hydrogen-bond acceptors (Lipinski definition) is 3. The summed E-state index contributed by atoms with van der Waals surface area (Å²) in [5.74, 6) is 0. The molecule has 84 valence electrons. The van der Waals surface area contributed by atoms with Gasteiger partial charge < -0.3 is 5.32 Å². The van der Waals surface area contributed by atoms with Gasteiger partial charge in [-0.15, -0.1) is 0 Å². The smallest absolute Gasteiger partial charge is 0.292 e. The van der Waals surface area contributed by atoms with E-state index in [0.717, 1.165) is 19.3 Å². The third-order valence-corrected chi connectivity index (χ3v) is 2.70. The Morgan fingerprint density at radius 2 is 2.19 bits per heavy atom. The monoisotopic (exact) mass is 218 g/mol. The number of hydrogen-bond donors (Lipinski definition) is 1. The molecule has 0 fully saturated rings. The molecule has 1 aliphatic carbocycles. The Kier molecular flexibility index (Phi) is 3.19. The quantitative estimate of drug-likeness (QED) is 0.481. The van der Waals surface area contributed by atoms with Crippen LogP contribution < -0.4 is 5.32 Å². The number of nitro groups is 1. The van der Waals surface area contributed by atoms with Gasteiger partial charge in [0.15, 0.2) is 0 Å². The number of nitrogens with zero attached hydrogens (tertiary/aromatic N) is 1. The van der Waals surface area contributed by atoms with Crippen molar-refractivity contribution in [1.82, 2.24) is 0 Å². The fourth-order valence-electron chi connectivity index (χ4n) is 1.89. The van der Waals surface area contributed by atoms with E-state index in [0.29, 0.717) is 5.69 Å². The molecule has 0 spiro atoms. The summed E-state index contributed by atoms with van der Waals surface area (Å²) in [6.07, 6.45) is 7.47. The maximum Gasteiger partial charge on any atom is 0.292 e. The summed E-state index contributed by atoms with van der Waals surface area (Å²) in [5, 5.41) is 14.0. The Hall–Kier alpha value is -1.84. The summed E-state index contributed by atoms with van der Waals surface area (Å²) >= 11 is 0. The van der Waals surface area contributed by atoms with Crippen molar-refractivity contribution >= 4 is 11.4 Å². The Bertz CT molecular complexity index is 415. The number of para-hydroxylation sites is 2. The van der Waals surface area contributed by atoms with Gasteiger partial charge in [0.05, 0.1) is 4.92 Å². The lowest BCUT2D eigenvalue weighted by Gasteiger charge is -2.18. The Labute approximate surface area is 94.1 Å². The van der Waals surface area contributed by atoms with Crippen LogP contribution in [0.15, 0.2) is 36.4 Å². The number of rotatable bonds is 3. The molecule has 0 saturated carbocycles. The maximum absolute atomic E-state index is 10.8. The Morgan fingerprint density at radius 1 is 1.38 bits per heavy atom. The molecule has 0 aliphatic heterocycles. The molecule has 0 radical (unpaired) electrons. The topological polar surface area (TPSA) is 55.2 Å². The van der Waals surface area contributed by atoms with E-state index in [4.69, 9.17) is 0 Å². The van der Waals surface area contributed by atoms with Crippen molar-refractivity contribution in [2.45, 2.75) is 25.3 Å². The van der Waals surface area contributed by atoms with Gasteiger partial charge in [-0.2, -0.15) is 0 Å². The van der Waals surface area contributed by atoms with Crippen LogP contribution in [0.3, 0.4) is 0 Å². The van der Waals surface area contributed by atoms with Crippen LogP contribution in [0.4, 0.5) is 11.4 Å². The minimum Gasteiger partial charge on any atom is -0.373 e. The van der Waals surface area contributed by atoms with E-state index in [1.165, 1.54) is 6.07 Å². The van der Waals surface area contributed by atoms with Gasteiger partial charge in [-0.1, -0.05) is 24.3 Å². The van der Waals surface area contributed by atoms with E-state index in [1.54, 1.807) is 12.1 Å². The van der Waals surface area contributed by atoms with Gasteiger partial charge in [0.25, 0.3) is 5.69 Å². The fourth-order valence-corrected chi connectivity index (χ4v) is 1.89. The van der Waals surface area contributed by atoms with Crippen molar-refractivity contribution < 1.29 is 4.92 Å². The highest BCUT2D eigenvalue weighted by Crippen LogP contribution is 2.25. The molecule has 0 amide bonds. The van der Waals surface area contributed by atoms with E-state index in [-0.39, 0.29) is 16.7 Å². The third-order valence-electron chi connectivity index (χ3n) is 2.70. The van der Waals surface area contributed by atoms with E-state index in [9.17, 15) is 10.1 Å². The predicted octanol–water partition coefficient (Wildman–Crippen LogP) is 3.12. The second-order valence-corrected chi connectivity index (χ2v) is 3.88. The van der Waals surface area contributed by atoms with Gasteiger partial charge in [0.2, 0.25) is 0 Å². The van der Waals surface area contributed by atoms with Crippen molar-refractivity contribution in [3.05, 3.63) is 46.5 Å². The lowest BCUT2D eigenvalue weighted by Crippen LogP contribution is -2.19. The van der Waals surface area contributed by atoms with Crippen LogP contribution in [0.25, 0.3) is 0 Å². The highest BCUT2D eigenvalue weighted by atomic mass is 16.6. The minimum atomic E-state index is -0.352. The zero-order valence-corrected chi connectivity index (χ0v) is 8.93. The summed E-state index contributed by atoms with van der Waals surface area (Å²) in [4.78, 5) is 10.5. The maximum atomic E-state index is 10.8. The molecular formula is C12H14N2O2. The van der Waals surface area contributed by atoms with Crippen LogP contribution in [0.2, 0.25) is 0 Å². The molecule has 1 N–H and O–H groups in total. The standard InChI is InChI=1S/C12H14N2O2/c15-14(16)12-9-5-4-8-11(12)13-10-6-2-1-3-7-10/h2,4-6,8-10,13H,1,3,7H2. The molecule has 1 unspecified atom stereocenters. The van der Waals surface area contributed by atoms with Gasteiger partial charge in [-0.25, -0.2) is 0 Å². The number of nitro benzene ring substituents is 1. The number of benzene rings is 1. The van der Waals surface area contributed by atoms with Crippen molar-refractivity contribution in [2.24, 2.45) is 0 Å². The first kappa shape index (κ1) is 10.7. The van der Waals surface area contributed by atoms with E-state index < -0.39 is 0 Å². The second kappa shape index (κ2) is 4.79. The largest absolute Gasteiger partial charge is 0.373 e. The van der Waals surface area contributed by atoms with Crippen molar-refractivity contribution in [3.63, 3.8) is 0 Å². The highest BCUT2D eigenvalue weighted by molar-refractivity contribution is 5.62. The molecule has 4 nitrogen and oxygen atoms in total. The molecule has 1 atom stereocenters. The average Bonchev–Trinajstić information content (AvgIpc) is 2.31. The van der Waals surface area contributed by atoms with Crippen LogP contribution in [0, 0.1) is 10.1 Å². The van der Waals surface area contributed by atoms with E-state index in [1.807, 2.05) is 6.07 Å². The van der Waals surface area contributed by atoms with Crippen LogP contribution in [-0.4, -0.2) is 11.0 Å². The van der Waals surface area contributed by atoms with Crippen molar-refractivity contribution in [2.75, 3.05) is 5.32 Å². The molecule has 1 aromatic carbocycles. The van der Waals surface area contributed by atoms with Crippen molar-refractivity contribution in [3.8, 4) is 0 Å². The molecule has 4 heteroatoms. The first-order valence-corrected chi connectivity index (χ1v) is 5.44. The second-order valence-electron chi connectivity index (χ2n) is 3.88. The summed E-state index contributed by atoms with van der Waals surface area (Å²) in [7, 11) is 0. The molecule has 0 saturated heterocycles.